The number of aromatic amines is 1. The van der Waals surface area contributed by atoms with Crippen molar-refractivity contribution in [3.8, 4) is 0 Å². The summed E-state index contributed by atoms with van der Waals surface area (Å²) in [5, 5.41) is 0. The second kappa shape index (κ2) is 7.20. The predicted molar refractivity (Wildman–Crippen MR) is 89.8 cm³/mol. The predicted octanol–water partition coefficient (Wildman–Crippen LogP) is 3.32. The normalized spacial score (nSPS) is 21.1. The van der Waals surface area contributed by atoms with Gasteiger partial charge in [0, 0.05) is 18.8 Å². The highest BCUT2D eigenvalue weighted by Crippen LogP contribution is 2.29. The van der Waals surface area contributed by atoms with E-state index in [4.69, 9.17) is 4.74 Å². The molecule has 1 aromatic rings. The van der Waals surface area contributed by atoms with Gasteiger partial charge in [-0.1, -0.05) is 26.7 Å². The quantitative estimate of drug-likeness (QED) is 0.866. The van der Waals surface area contributed by atoms with Gasteiger partial charge in [-0.15, -0.1) is 0 Å². The van der Waals surface area contributed by atoms with Crippen LogP contribution in [-0.2, 0) is 11.2 Å². The average molecular weight is 320 g/mol. The summed E-state index contributed by atoms with van der Waals surface area (Å²) in [6, 6.07) is 0.269. The number of carbonyl (C=O) groups excluding carboxylic acids is 2. The molecule has 0 saturated heterocycles. The minimum atomic E-state index is -0.386. The average Bonchev–Trinajstić information content (AvgIpc) is 2.89. The number of ether oxygens (including phenoxy) is 1. The van der Waals surface area contributed by atoms with Gasteiger partial charge in [-0.25, -0.2) is 4.79 Å². The van der Waals surface area contributed by atoms with Crippen molar-refractivity contribution in [2.24, 2.45) is 5.92 Å². The summed E-state index contributed by atoms with van der Waals surface area (Å²) < 4.78 is 4.86. The van der Waals surface area contributed by atoms with E-state index >= 15 is 0 Å². The van der Waals surface area contributed by atoms with Gasteiger partial charge >= 0.3 is 5.97 Å². The van der Waals surface area contributed by atoms with E-state index in [1.165, 1.54) is 26.4 Å². The summed E-state index contributed by atoms with van der Waals surface area (Å²) in [5.41, 5.74) is 2.47. The number of H-pyrrole nitrogens is 1. The third-order valence-electron chi connectivity index (χ3n) is 5.17. The Labute approximate surface area is 138 Å². The van der Waals surface area contributed by atoms with Crippen LogP contribution in [0.1, 0.15) is 71.6 Å². The van der Waals surface area contributed by atoms with Crippen molar-refractivity contribution in [3.63, 3.8) is 0 Å². The van der Waals surface area contributed by atoms with Crippen molar-refractivity contribution < 1.29 is 14.3 Å². The molecule has 23 heavy (non-hydrogen) atoms. The number of rotatable bonds is 4. The first-order chi connectivity index (χ1) is 10.9. The molecule has 1 saturated carbocycles. The van der Waals surface area contributed by atoms with Gasteiger partial charge in [-0.2, -0.15) is 0 Å². The summed E-state index contributed by atoms with van der Waals surface area (Å²) in [7, 11) is 3.24. The largest absolute Gasteiger partial charge is 0.465 e. The monoisotopic (exact) mass is 320 g/mol. The molecule has 1 heterocycles. The van der Waals surface area contributed by atoms with E-state index in [0.717, 1.165) is 12.1 Å². The van der Waals surface area contributed by atoms with Gasteiger partial charge in [0.2, 0.25) is 0 Å². The first-order valence-electron chi connectivity index (χ1n) is 8.49. The molecule has 2 atom stereocenters. The van der Waals surface area contributed by atoms with Crippen LogP contribution in [0.2, 0.25) is 0 Å². The number of esters is 1. The summed E-state index contributed by atoms with van der Waals surface area (Å²) >= 11 is 0. The second-order valence-corrected chi connectivity index (χ2v) is 6.57. The molecule has 1 aliphatic carbocycles. The Morgan fingerprint density at radius 1 is 1.30 bits per heavy atom. The Balaban J connectivity index is 2.32. The van der Waals surface area contributed by atoms with Crippen LogP contribution in [0.25, 0.3) is 0 Å². The molecule has 0 aromatic carbocycles. The van der Waals surface area contributed by atoms with E-state index in [1.807, 2.05) is 25.8 Å². The molecule has 0 radical (unpaired) electrons. The van der Waals surface area contributed by atoms with Crippen LogP contribution >= 0.6 is 0 Å². The molecule has 5 heteroatoms. The highest BCUT2D eigenvalue weighted by Gasteiger charge is 2.31. The number of aromatic nitrogens is 1. The van der Waals surface area contributed by atoms with Gasteiger partial charge in [-0.05, 0) is 37.7 Å². The van der Waals surface area contributed by atoms with Gasteiger partial charge in [-0.3, -0.25) is 4.79 Å². The maximum absolute atomic E-state index is 12.9. The number of aryl methyl sites for hydroxylation is 1. The first-order valence-corrected chi connectivity index (χ1v) is 8.49. The van der Waals surface area contributed by atoms with Crippen molar-refractivity contribution in [1.29, 1.82) is 0 Å². The molecule has 1 N–H and O–H groups in total. The second-order valence-electron chi connectivity index (χ2n) is 6.57. The fourth-order valence-corrected chi connectivity index (χ4v) is 3.71. The van der Waals surface area contributed by atoms with Crippen molar-refractivity contribution in [1.82, 2.24) is 9.88 Å². The maximum atomic E-state index is 12.9. The lowest BCUT2D eigenvalue weighted by atomic mass is 9.85. The molecule has 2 unspecified atom stereocenters. The number of nitrogens with one attached hydrogen (secondary N) is 1. The molecule has 0 spiro atoms. The Morgan fingerprint density at radius 3 is 2.52 bits per heavy atom. The van der Waals surface area contributed by atoms with E-state index in [9.17, 15) is 9.59 Å². The fraction of sp³-hybridized carbons (Fsp3) is 0.667. The van der Waals surface area contributed by atoms with Crippen LogP contribution in [0.15, 0.2) is 0 Å². The molecule has 2 rings (SSSR count). The highest BCUT2D eigenvalue weighted by atomic mass is 16.5. The molecule has 1 aromatic heterocycles. The van der Waals surface area contributed by atoms with Crippen molar-refractivity contribution >= 4 is 11.9 Å². The van der Waals surface area contributed by atoms with Crippen molar-refractivity contribution in [3.05, 3.63) is 22.5 Å². The molecule has 1 aliphatic rings. The molecule has 128 valence electrons. The van der Waals surface area contributed by atoms with E-state index in [1.54, 1.807) is 0 Å². The molecule has 0 aliphatic heterocycles. The highest BCUT2D eigenvalue weighted by molar-refractivity contribution is 6.00. The van der Waals surface area contributed by atoms with Crippen LogP contribution in [-0.4, -0.2) is 42.0 Å². The zero-order chi connectivity index (χ0) is 17.1. The summed E-state index contributed by atoms with van der Waals surface area (Å²) in [4.78, 5) is 30.0. The fourth-order valence-electron chi connectivity index (χ4n) is 3.71. The van der Waals surface area contributed by atoms with Gasteiger partial charge in [0.1, 0.15) is 5.69 Å². The molecule has 0 bridgehead atoms. The van der Waals surface area contributed by atoms with Crippen LogP contribution in [0.4, 0.5) is 0 Å². The standard InChI is InChI=1S/C18H28N2O3/c1-6-13-15(18(22)23-5)12(3)16(19-13)17(21)20(4)14-10-8-7-9-11(14)2/h11,14,19H,6-10H2,1-5H3. The lowest BCUT2D eigenvalue weighted by Crippen LogP contribution is -2.43. The van der Waals surface area contributed by atoms with Crippen molar-refractivity contribution in [2.75, 3.05) is 14.2 Å². The van der Waals surface area contributed by atoms with Gasteiger partial charge in [0.05, 0.1) is 12.7 Å². The van der Waals surface area contributed by atoms with Crippen molar-refractivity contribution in [2.45, 2.75) is 58.9 Å². The Bertz CT molecular complexity index is 591. The number of carbonyl (C=O) groups is 2. The minimum Gasteiger partial charge on any atom is -0.465 e. The molecule has 1 amide bonds. The number of nitrogens with zero attached hydrogens (tertiary/aromatic N) is 1. The van der Waals surface area contributed by atoms with Crippen LogP contribution < -0.4 is 0 Å². The molecular formula is C18H28N2O3. The minimum absolute atomic E-state index is 0.0360. The number of hydrogen-bond acceptors (Lipinski definition) is 3. The van der Waals surface area contributed by atoms with Gasteiger partial charge < -0.3 is 14.6 Å². The third-order valence-corrected chi connectivity index (χ3v) is 5.17. The smallest absolute Gasteiger partial charge is 0.339 e. The third kappa shape index (κ3) is 3.28. The zero-order valence-corrected chi connectivity index (χ0v) is 14.9. The molecule has 1 fully saturated rings. The van der Waals surface area contributed by atoms with Gasteiger partial charge in [0.15, 0.2) is 0 Å². The van der Waals surface area contributed by atoms with E-state index in [0.29, 0.717) is 29.2 Å². The number of amides is 1. The van der Waals surface area contributed by atoms with Gasteiger partial charge in [0.25, 0.3) is 5.91 Å². The lowest BCUT2D eigenvalue weighted by Gasteiger charge is -2.36. The SMILES string of the molecule is CCc1[nH]c(C(=O)N(C)C2CCCCC2C)c(C)c1C(=O)OC. The van der Waals surface area contributed by atoms with Crippen LogP contribution in [0, 0.1) is 12.8 Å². The lowest BCUT2D eigenvalue weighted by molar-refractivity contribution is 0.0599. The summed E-state index contributed by atoms with van der Waals surface area (Å²) in [6.07, 6.45) is 5.28. The molecular weight excluding hydrogens is 292 g/mol. The van der Waals surface area contributed by atoms with E-state index in [2.05, 4.69) is 11.9 Å². The maximum Gasteiger partial charge on any atom is 0.339 e. The van der Waals surface area contributed by atoms with E-state index < -0.39 is 0 Å². The van der Waals surface area contributed by atoms with E-state index in [-0.39, 0.29) is 17.9 Å². The summed E-state index contributed by atoms with van der Waals surface area (Å²) in [5.74, 6) is 0.0909. The van der Waals surface area contributed by atoms with Crippen LogP contribution in [0.3, 0.4) is 0 Å². The molecule has 5 nitrogen and oxygen atoms in total. The zero-order valence-electron chi connectivity index (χ0n) is 14.9. The van der Waals surface area contributed by atoms with Crippen LogP contribution in [0.5, 0.6) is 0 Å². The Morgan fingerprint density at radius 2 is 1.96 bits per heavy atom. The number of hydrogen-bond donors (Lipinski definition) is 1. The Hall–Kier alpha value is -1.78. The topological polar surface area (TPSA) is 62.4 Å². The Kier molecular flexibility index (Phi) is 5.50. The number of methoxy groups -OCH3 is 1. The first kappa shape index (κ1) is 17.6. The summed E-state index contributed by atoms with van der Waals surface area (Å²) in [6.45, 7) is 5.98.